The number of ether oxygens (including phenoxy) is 1. The molecule has 0 aliphatic heterocycles. The minimum Gasteiger partial charge on any atom is -0.492 e. The van der Waals surface area contributed by atoms with Crippen molar-refractivity contribution in [3.05, 3.63) is 28.2 Å². The Kier molecular flexibility index (Phi) is 5.29. The van der Waals surface area contributed by atoms with Crippen LogP contribution < -0.4 is 4.74 Å². The van der Waals surface area contributed by atoms with Crippen LogP contribution in [0.3, 0.4) is 0 Å². The third-order valence-corrected chi connectivity index (χ3v) is 3.22. The summed E-state index contributed by atoms with van der Waals surface area (Å²) in [5.74, 6) is -0.277. The van der Waals surface area contributed by atoms with Crippen molar-refractivity contribution in [2.45, 2.75) is 26.7 Å². The molecule has 0 aliphatic carbocycles. The predicted molar refractivity (Wildman–Crippen MR) is 72.6 cm³/mol. The molecule has 1 rings (SSSR count). The molecule has 1 aromatic carbocycles. The van der Waals surface area contributed by atoms with Crippen LogP contribution in [0.25, 0.3) is 0 Å². The van der Waals surface area contributed by atoms with E-state index in [0.717, 1.165) is 0 Å². The average molecular weight is 291 g/mol. The summed E-state index contributed by atoms with van der Waals surface area (Å²) in [6.45, 7) is 3.81. The number of carboxylic acids is 1. The average Bonchev–Trinajstić information content (AvgIpc) is 2.28. The number of hydrogen-bond donors (Lipinski definition) is 1. The highest BCUT2D eigenvalue weighted by atomic mass is 35.5. The van der Waals surface area contributed by atoms with Crippen LogP contribution in [0.4, 0.5) is 0 Å². The van der Waals surface area contributed by atoms with Crippen LogP contribution in [0.2, 0.25) is 10.0 Å². The van der Waals surface area contributed by atoms with E-state index in [9.17, 15) is 4.79 Å². The Morgan fingerprint density at radius 3 is 2.67 bits per heavy atom. The topological polar surface area (TPSA) is 46.5 Å². The SMILES string of the molecule is CC(C)(CCCOc1cc(Cl)ccc1Cl)C(=O)O. The first-order valence-electron chi connectivity index (χ1n) is 5.64. The minimum atomic E-state index is -0.803. The van der Waals surface area contributed by atoms with E-state index in [2.05, 4.69) is 0 Å². The first-order chi connectivity index (χ1) is 8.33. The molecular weight excluding hydrogens is 275 g/mol. The molecule has 1 aromatic rings. The zero-order valence-corrected chi connectivity index (χ0v) is 11.9. The number of aliphatic carboxylic acids is 1. The number of carbonyl (C=O) groups is 1. The fraction of sp³-hybridized carbons (Fsp3) is 0.462. The van der Waals surface area contributed by atoms with Crippen molar-refractivity contribution in [3.8, 4) is 5.75 Å². The summed E-state index contributed by atoms with van der Waals surface area (Å²) in [4.78, 5) is 10.9. The van der Waals surface area contributed by atoms with E-state index in [-0.39, 0.29) is 0 Å². The zero-order chi connectivity index (χ0) is 13.8. The van der Waals surface area contributed by atoms with Crippen molar-refractivity contribution in [2.24, 2.45) is 5.41 Å². The standard InChI is InChI=1S/C13H16Cl2O3/c1-13(2,12(16)17)6-3-7-18-11-8-9(14)4-5-10(11)15/h4-5,8H,3,6-7H2,1-2H3,(H,16,17). The summed E-state index contributed by atoms with van der Waals surface area (Å²) in [7, 11) is 0. The fourth-order valence-corrected chi connectivity index (χ4v) is 1.73. The van der Waals surface area contributed by atoms with E-state index in [1.54, 1.807) is 32.0 Å². The molecule has 0 radical (unpaired) electrons. The molecule has 0 spiro atoms. The van der Waals surface area contributed by atoms with Gasteiger partial charge in [-0.1, -0.05) is 23.2 Å². The van der Waals surface area contributed by atoms with E-state index < -0.39 is 11.4 Å². The summed E-state index contributed by atoms with van der Waals surface area (Å²) in [6.07, 6.45) is 1.18. The molecule has 3 nitrogen and oxygen atoms in total. The number of halogens is 2. The van der Waals surface area contributed by atoms with Gasteiger partial charge in [0.1, 0.15) is 5.75 Å². The quantitative estimate of drug-likeness (QED) is 0.796. The van der Waals surface area contributed by atoms with Crippen molar-refractivity contribution in [1.82, 2.24) is 0 Å². The first-order valence-corrected chi connectivity index (χ1v) is 6.40. The molecule has 1 N–H and O–H groups in total. The minimum absolute atomic E-state index is 0.413. The normalized spacial score (nSPS) is 11.3. The van der Waals surface area contributed by atoms with Crippen molar-refractivity contribution in [3.63, 3.8) is 0 Å². The Bertz CT molecular complexity index is 430. The second kappa shape index (κ2) is 6.30. The molecule has 0 fully saturated rings. The van der Waals surface area contributed by atoms with Gasteiger partial charge in [-0.3, -0.25) is 4.79 Å². The van der Waals surface area contributed by atoms with Crippen molar-refractivity contribution in [1.29, 1.82) is 0 Å². The van der Waals surface area contributed by atoms with Crippen LogP contribution >= 0.6 is 23.2 Å². The number of hydrogen-bond acceptors (Lipinski definition) is 2. The lowest BCUT2D eigenvalue weighted by molar-refractivity contribution is -0.147. The Morgan fingerprint density at radius 2 is 2.06 bits per heavy atom. The first kappa shape index (κ1) is 15.1. The zero-order valence-electron chi connectivity index (χ0n) is 10.4. The Balaban J connectivity index is 2.43. The van der Waals surface area contributed by atoms with Gasteiger partial charge in [0.2, 0.25) is 0 Å². The number of rotatable bonds is 6. The fourth-order valence-electron chi connectivity index (χ4n) is 1.39. The van der Waals surface area contributed by atoms with Gasteiger partial charge in [0.15, 0.2) is 0 Å². The summed E-state index contributed by atoms with van der Waals surface area (Å²) in [6, 6.07) is 5.00. The van der Waals surface area contributed by atoms with Gasteiger partial charge in [-0.25, -0.2) is 0 Å². The van der Waals surface area contributed by atoms with Gasteiger partial charge in [0.25, 0.3) is 0 Å². The maximum absolute atomic E-state index is 10.9. The summed E-state index contributed by atoms with van der Waals surface area (Å²) in [5, 5.41) is 10.0. The lowest BCUT2D eigenvalue weighted by Gasteiger charge is -2.18. The molecule has 100 valence electrons. The Hall–Kier alpha value is -0.930. The Labute approximate surface area is 117 Å². The smallest absolute Gasteiger partial charge is 0.309 e. The van der Waals surface area contributed by atoms with Crippen LogP contribution in [0.15, 0.2) is 18.2 Å². The molecule has 0 saturated carbocycles. The van der Waals surface area contributed by atoms with Crippen molar-refractivity contribution < 1.29 is 14.6 Å². The van der Waals surface area contributed by atoms with Gasteiger partial charge in [0, 0.05) is 11.1 Å². The second-order valence-corrected chi connectivity index (χ2v) is 5.56. The lowest BCUT2D eigenvalue weighted by atomic mass is 9.88. The maximum atomic E-state index is 10.9. The molecule has 0 aliphatic rings. The molecule has 0 atom stereocenters. The van der Waals surface area contributed by atoms with Crippen molar-refractivity contribution in [2.75, 3.05) is 6.61 Å². The summed E-state index contributed by atoms with van der Waals surface area (Å²) < 4.78 is 5.48. The molecule has 0 saturated heterocycles. The van der Waals surface area contributed by atoms with Gasteiger partial charge in [0.05, 0.1) is 17.0 Å². The molecule has 5 heteroatoms. The lowest BCUT2D eigenvalue weighted by Crippen LogP contribution is -2.24. The van der Waals surface area contributed by atoms with Gasteiger partial charge in [-0.15, -0.1) is 0 Å². The number of benzene rings is 1. The van der Waals surface area contributed by atoms with Crippen LogP contribution in [0, 0.1) is 5.41 Å². The maximum Gasteiger partial charge on any atom is 0.309 e. The van der Waals surface area contributed by atoms with Gasteiger partial charge in [-0.05, 0) is 38.8 Å². The van der Waals surface area contributed by atoms with E-state index in [1.165, 1.54) is 0 Å². The van der Waals surface area contributed by atoms with E-state index in [4.69, 9.17) is 33.0 Å². The number of carboxylic acid groups (broad SMARTS) is 1. The summed E-state index contributed by atoms with van der Waals surface area (Å²) >= 11 is 11.8. The van der Waals surface area contributed by atoms with Crippen LogP contribution in [0.1, 0.15) is 26.7 Å². The molecule has 0 unspecified atom stereocenters. The third-order valence-electron chi connectivity index (χ3n) is 2.68. The van der Waals surface area contributed by atoms with Gasteiger partial charge < -0.3 is 9.84 Å². The monoisotopic (exact) mass is 290 g/mol. The van der Waals surface area contributed by atoms with E-state index in [1.807, 2.05) is 0 Å². The molecule has 0 bridgehead atoms. The molecule has 0 amide bonds. The van der Waals surface area contributed by atoms with Gasteiger partial charge >= 0.3 is 5.97 Å². The van der Waals surface area contributed by atoms with Crippen LogP contribution in [-0.4, -0.2) is 17.7 Å². The highest BCUT2D eigenvalue weighted by Crippen LogP contribution is 2.28. The van der Waals surface area contributed by atoms with Crippen LogP contribution in [0.5, 0.6) is 5.75 Å². The molecule has 0 heterocycles. The molecule has 18 heavy (non-hydrogen) atoms. The van der Waals surface area contributed by atoms with Crippen LogP contribution in [-0.2, 0) is 4.79 Å². The van der Waals surface area contributed by atoms with E-state index in [0.29, 0.717) is 35.2 Å². The second-order valence-electron chi connectivity index (χ2n) is 4.72. The van der Waals surface area contributed by atoms with Crippen molar-refractivity contribution >= 4 is 29.2 Å². The third kappa shape index (κ3) is 4.39. The highest BCUT2D eigenvalue weighted by molar-refractivity contribution is 6.34. The van der Waals surface area contributed by atoms with Gasteiger partial charge in [-0.2, -0.15) is 0 Å². The highest BCUT2D eigenvalue weighted by Gasteiger charge is 2.26. The predicted octanol–water partition coefficient (Wildman–Crippen LogP) is 4.26. The molecule has 0 aromatic heterocycles. The summed E-state index contributed by atoms with van der Waals surface area (Å²) in [5.41, 5.74) is -0.735. The largest absolute Gasteiger partial charge is 0.492 e. The molecular formula is C13H16Cl2O3. The van der Waals surface area contributed by atoms with E-state index >= 15 is 0 Å². The Morgan fingerprint density at radius 1 is 1.39 bits per heavy atom.